The third-order valence-corrected chi connectivity index (χ3v) is 2.63. The van der Waals surface area contributed by atoms with Gasteiger partial charge in [-0.05, 0) is 25.0 Å². The highest BCUT2D eigenvalue weighted by Gasteiger charge is 2.18. The first-order valence-electron chi connectivity index (χ1n) is 5.87. The van der Waals surface area contributed by atoms with Gasteiger partial charge < -0.3 is 10.1 Å². The minimum Gasteiger partial charge on any atom is -0.479 e. The predicted octanol–water partition coefficient (Wildman–Crippen LogP) is 3.02. The van der Waals surface area contributed by atoms with Crippen LogP contribution in [0.1, 0.15) is 26.7 Å². The summed E-state index contributed by atoms with van der Waals surface area (Å²) in [6.07, 6.45) is 1.04. The second-order valence-electron chi connectivity index (χ2n) is 3.74. The van der Waals surface area contributed by atoms with Crippen molar-refractivity contribution in [1.82, 2.24) is 5.32 Å². The highest BCUT2D eigenvalue weighted by Crippen LogP contribution is 2.24. The van der Waals surface area contributed by atoms with Crippen LogP contribution in [0.5, 0.6) is 5.75 Å². The Bertz CT molecular complexity index is 368. The summed E-state index contributed by atoms with van der Waals surface area (Å²) in [5.74, 6) is 0.460. The van der Waals surface area contributed by atoms with Gasteiger partial charge in [-0.2, -0.15) is 0 Å². The zero-order valence-corrected chi connectivity index (χ0v) is 11.0. The standard InChI is InChI=1S/C13H18ClNO2/c1-3-9-15-13(16)11(4-2)17-12-8-6-5-7-10(12)14/h5-8,11H,3-4,9H2,1-2H3,(H,15,16). The summed E-state index contributed by atoms with van der Waals surface area (Å²) in [6, 6.07) is 7.16. The van der Waals surface area contributed by atoms with Crippen LogP contribution in [-0.4, -0.2) is 18.6 Å². The molecule has 1 aromatic rings. The second-order valence-corrected chi connectivity index (χ2v) is 4.14. The van der Waals surface area contributed by atoms with Crippen molar-refractivity contribution in [3.8, 4) is 5.75 Å². The molecule has 4 heteroatoms. The van der Waals surface area contributed by atoms with E-state index in [9.17, 15) is 4.79 Å². The largest absolute Gasteiger partial charge is 0.479 e. The summed E-state index contributed by atoms with van der Waals surface area (Å²) in [6.45, 7) is 4.59. The molecule has 0 aliphatic rings. The number of nitrogens with one attached hydrogen (secondary N) is 1. The van der Waals surface area contributed by atoms with Gasteiger partial charge in [0.1, 0.15) is 5.75 Å². The van der Waals surface area contributed by atoms with Crippen LogP contribution in [0.2, 0.25) is 5.02 Å². The van der Waals surface area contributed by atoms with Gasteiger partial charge in [0.2, 0.25) is 0 Å². The van der Waals surface area contributed by atoms with Crippen LogP contribution in [0.15, 0.2) is 24.3 Å². The molecule has 0 saturated carbocycles. The quantitative estimate of drug-likeness (QED) is 0.849. The van der Waals surface area contributed by atoms with Gasteiger partial charge in [-0.15, -0.1) is 0 Å². The lowest BCUT2D eigenvalue weighted by Crippen LogP contribution is -2.38. The fourth-order valence-corrected chi connectivity index (χ4v) is 1.56. The van der Waals surface area contributed by atoms with Gasteiger partial charge in [0.15, 0.2) is 6.10 Å². The number of ether oxygens (including phenoxy) is 1. The molecule has 1 amide bonds. The Hall–Kier alpha value is -1.22. The molecule has 1 unspecified atom stereocenters. The van der Waals surface area contributed by atoms with Crippen molar-refractivity contribution in [2.45, 2.75) is 32.8 Å². The summed E-state index contributed by atoms with van der Waals surface area (Å²) in [5, 5.41) is 3.34. The lowest BCUT2D eigenvalue weighted by molar-refractivity contribution is -0.128. The first-order valence-corrected chi connectivity index (χ1v) is 6.25. The smallest absolute Gasteiger partial charge is 0.261 e. The highest BCUT2D eigenvalue weighted by molar-refractivity contribution is 6.32. The van der Waals surface area contributed by atoms with Crippen LogP contribution in [0.25, 0.3) is 0 Å². The van der Waals surface area contributed by atoms with Gasteiger partial charge >= 0.3 is 0 Å². The molecule has 0 fully saturated rings. The average Bonchev–Trinajstić information content (AvgIpc) is 2.35. The van der Waals surface area contributed by atoms with Gasteiger partial charge in [0.05, 0.1) is 5.02 Å². The topological polar surface area (TPSA) is 38.3 Å². The Balaban J connectivity index is 2.63. The Morgan fingerprint density at radius 2 is 2.12 bits per heavy atom. The molecule has 0 heterocycles. The van der Waals surface area contributed by atoms with E-state index >= 15 is 0 Å². The van der Waals surface area contributed by atoms with Gasteiger partial charge in [0, 0.05) is 6.54 Å². The Kier molecular flexibility index (Phi) is 5.84. The monoisotopic (exact) mass is 255 g/mol. The van der Waals surface area contributed by atoms with Crippen LogP contribution in [0.3, 0.4) is 0 Å². The number of para-hydroxylation sites is 1. The van der Waals surface area contributed by atoms with E-state index in [1.54, 1.807) is 12.1 Å². The van der Waals surface area contributed by atoms with Crippen molar-refractivity contribution < 1.29 is 9.53 Å². The second kappa shape index (κ2) is 7.17. The fourth-order valence-electron chi connectivity index (χ4n) is 1.38. The SMILES string of the molecule is CCCNC(=O)C(CC)Oc1ccccc1Cl. The average molecular weight is 256 g/mol. The van der Waals surface area contributed by atoms with Crippen molar-refractivity contribution in [2.24, 2.45) is 0 Å². The molecule has 1 aromatic carbocycles. The van der Waals surface area contributed by atoms with E-state index in [1.807, 2.05) is 26.0 Å². The van der Waals surface area contributed by atoms with E-state index < -0.39 is 6.10 Å². The molecule has 0 aliphatic heterocycles. The molecule has 1 rings (SSSR count). The number of benzene rings is 1. The van der Waals surface area contributed by atoms with E-state index in [4.69, 9.17) is 16.3 Å². The molecule has 0 bridgehead atoms. The lowest BCUT2D eigenvalue weighted by atomic mass is 10.2. The molecule has 0 aliphatic carbocycles. The minimum atomic E-state index is -0.485. The molecule has 0 radical (unpaired) electrons. The molecular weight excluding hydrogens is 238 g/mol. The maximum Gasteiger partial charge on any atom is 0.261 e. The minimum absolute atomic E-state index is 0.0886. The molecule has 94 valence electrons. The summed E-state index contributed by atoms with van der Waals surface area (Å²) < 4.78 is 5.61. The van der Waals surface area contributed by atoms with Crippen LogP contribution < -0.4 is 10.1 Å². The Morgan fingerprint density at radius 1 is 1.41 bits per heavy atom. The number of carbonyl (C=O) groups is 1. The van der Waals surface area contributed by atoms with Crippen LogP contribution in [-0.2, 0) is 4.79 Å². The molecule has 1 atom stereocenters. The first kappa shape index (κ1) is 13.8. The van der Waals surface area contributed by atoms with Gasteiger partial charge in [-0.3, -0.25) is 4.79 Å². The van der Waals surface area contributed by atoms with Crippen molar-refractivity contribution >= 4 is 17.5 Å². The van der Waals surface area contributed by atoms with E-state index in [0.717, 1.165) is 6.42 Å². The summed E-state index contributed by atoms with van der Waals surface area (Å²) in [7, 11) is 0. The van der Waals surface area contributed by atoms with Gasteiger partial charge in [-0.1, -0.05) is 37.6 Å². The molecule has 0 spiro atoms. The normalized spacial score (nSPS) is 11.9. The maximum absolute atomic E-state index is 11.8. The fraction of sp³-hybridized carbons (Fsp3) is 0.462. The number of hydrogen-bond acceptors (Lipinski definition) is 2. The maximum atomic E-state index is 11.8. The van der Waals surface area contributed by atoms with Crippen LogP contribution in [0, 0.1) is 0 Å². The number of rotatable bonds is 6. The highest BCUT2D eigenvalue weighted by atomic mass is 35.5. The summed E-state index contributed by atoms with van der Waals surface area (Å²) in [5.41, 5.74) is 0. The summed E-state index contributed by atoms with van der Waals surface area (Å²) >= 11 is 5.98. The van der Waals surface area contributed by atoms with E-state index in [0.29, 0.717) is 23.7 Å². The Morgan fingerprint density at radius 3 is 2.71 bits per heavy atom. The molecular formula is C13H18ClNO2. The van der Waals surface area contributed by atoms with E-state index in [1.165, 1.54) is 0 Å². The van der Waals surface area contributed by atoms with Gasteiger partial charge in [0.25, 0.3) is 5.91 Å². The van der Waals surface area contributed by atoms with Crippen LogP contribution in [0.4, 0.5) is 0 Å². The third kappa shape index (κ3) is 4.27. The van der Waals surface area contributed by atoms with Crippen molar-refractivity contribution in [3.05, 3.63) is 29.3 Å². The van der Waals surface area contributed by atoms with E-state index in [-0.39, 0.29) is 5.91 Å². The molecule has 17 heavy (non-hydrogen) atoms. The predicted molar refractivity (Wildman–Crippen MR) is 69.5 cm³/mol. The van der Waals surface area contributed by atoms with Crippen molar-refractivity contribution in [1.29, 1.82) is 0 Å². The van der Waals surface area contributed by atoms with E-state index in [2.05, 4.69) is 5.32 Å². The number of carbonyl (C=O) groups excluding carboxylic acids is 1. The zero-order valence-electron chi connectivity index (χ0n) is 10.2. The van der Waals surface area contributed by atoms with Gasteiger partial charge in [-0.25, -0.2) is 0 Å². The number of amides is 1. The van der Waals surface area contributed by atoms with Crippen molar-refractivity contribution in [2.75, 3.05) is 6.54 Å². The first-order chi connectivity index (χ1) is 8.19. The van der Waals surface area contributed by atoms with Crippen LogP contribution >= 0.6 is 11.6 Å². The zero-order chi connectivity index (χ0) is 12.7. The Labute approximate surface area is 107 Å². The molecule has 1 N–H and O–H groups in total. The number of hydrogen-bond donors (Lipinski definition) is 1. The molecule has 0 saturated heterocycles. The molecule has 0 aromatic heterocycles. The number of halogens is 1. The molecule has 3 nitrogen and oxygen atoms in total. The third-order valence-electron chi connectivity index (χ3n) is 2.32. The summed E-state index contributed by atoms with van der Waals surface area (Å²) in [4.78, 5) is 11.8. The van der Waals surface area contributed by atoms with Crippen molar-refractivity contribution in [3.63, 3.8) is 0 Å². The lowest BCUT2D eigenvalue weighted by Gasteiger charge is -2.17.